The van der Waals surface area contributed by atoms with Crippen molar-refractivity contribution in [2.24, 2.45) is 10.2 Å². The van der Waals surface area contributed by atoms with Crippen molar-refractivity contribution >= 4 is 13.6 Å². The smallest absolute Gasteiger partial charge is 0.399 e. The summed E-state index contributed by atoms with van der Waals surface area (Å²) in [6, 6.07) is 18.5. The summed E-state index contributed by atoms with van der Waals surface area (Å²) in [4.78, 5) is 2.18. The molecule has 0 heterocycles. The Morgan fingerprint density at radius 1 is 0.867 bits per heavy atom. The molecule has 0 N–H and O–H groups in total. The van der Waals surface area contributed by atoms with Crippen LogP contribution in [0.3, 0.4) is 0 Å². The normalized spacial score (nSPS) is 12.9. The van der Waals surface area contributed by atoms with Gasteiger partial charge in [0.15, 0.2) is 0 Å². The van der Waals surface area contributed by atoms with Gasteiger partial charge in [0, 0.05) is 18.5 Å². The maximum atomic E-state index is 13.9. The third kappa shape index (κ3) is 7.53. The summed E-state index contributed by atoms with van der Waals surface area (Å²) in [6.45, 7) is 14.9. The minimum Gasteiger partial charge on any atom is -0.399 e. The Kier molecular flexibility index (Phi) is 8.14. The lowest BCUT2D eigenvalue weighted by atomic mass is 9.91. The van der Waals surface area contributed by atoms with Gasteiger partial charge < -0.3 is 13.9 Å². The molecule has 0 unspecified atom stereocenters. The molecule has 0 saturated carbocycles. The number of hydrogen-bond acceptors (Lipinski definition) is 3. The van der Waals surface area contributed by atoms with Crippen LogP contribution < -0.4 is 9.05 Å². The van der Waals surface area contributed by atoms with Crippen molar-refractivity contribution in [3.63, 3.8) is 0 Å². The topological polar surface area (TPSA) is 51.1 Å². The lowest BCUT2D eigenvalue weighted by Crippen LogP contribution is -2.43. The molecule has 0 radical (unpaired) electrons. The Labute approximate surface area is 181 Å². The third-order valence-corrected chi connectivity index (χ3v) is 5.62. The van der Waals surface area contributed by atoms with E-state index < -0.39 is 7.75 Å². The number of rotatable bonds is 8. The van der Waals surface area contributed by atoms with Gasteiger partial charge in [-0.05, 0) is 57.4 Å². The molecular weight excluding hydrogens is 395 g/mol. The monoisotopic (exact) mass is 430 g/mol. The molecule has 2 aromatic rings. The number of para-hydroxylation sites is 2. The highest BCUT2D eigenvalue weighted by atomic mass is 31.2. The molecule has 0 fully saturated rings. The average molecular weight is 431 g/mol. The third-order valence-electron chi connectivity index (χ3n) is 4.27. The van der Waals surface area contributed by atoms with Crippen LogP contribution in [0.1, 0.15) is 54.9 Å². The number of hydrogen-bond donors (Lipinski definition) is 0. The first-order chi connectivity index (χ1) is 14.0. The van der Waals surface area contributed by atoms with Crippen LogP contribution >= 0.6 is 7.75 Å². The van der Waals surface area contributed by atoms with E-state index in [0.29, 0.717) is 17.9 Å². The zero-order chi connectivity index (χ0) is 22.4. The Bertz CT molecular complexity index is 806. The van der Waals surface area contributed by atoms with Crippen LogP contribution in [-0.4, -0.2) is 22.8 Å². The molecule has 0 atom stereocenters. The van der Waals surface area contributed by atoms with Gasteiger partial charge in [-0.3, -0.25) is 0 Å². The first kappa shape index (κ1) is 24.0. The Balaban J connectivity index is 2.55. The summed E-state index contributed by atoms with van der Waals surface area (Å²) in [5, 5.41) is 0. The van der Waals surface area contributed by atoms with Crippen molar-refractivity contribution in [3.8, 4) is 11.5 Å². The van der Waals surface area contributed by atoms with E-state index in [9.17, 15) is 4.57 Å². The predicted molar refractivity (Wildman–Crippen MR) is 125 cm³/mol. The summed E-state index contributed by atoms with van der Waals surface area (Å²) in [6.07, 6.45) is 0.643. The number of nitrogens with zero attached hydrogens (tertiary/aromatic N) is 2. The van der Waals surface area contributed by atoms with E-state index >= 15 is 0 Å². The Morgan fingerprint density at radius 3 is 1.60 bits per heavy atom. The largest absolute Gasteiger partial charge is 0.564 e. The van der Waals surface area contributed by atoms with Crippen molar-refractivity contribution in [2.75, 3.05) is 0 Å². The van der Waals surface area contributed by atoms with Gasteiger partial charge in [-0.25, -0.2) is 4.57 Å². The lowest BCUT2D eigenvalue weighted by Gasteiger charge is -2.36. The van der Waals surface area contributed by atoms with Crippen LogP contribution in [0, 0.1) is 5.41 Å². The fourth-order valence-electron chi connectivity index (χ4n) is 3.27. The summed E-state index contributed by atoms with van der Waals surface area (Å²) < 4.78 is 30.4. The highest BCUT2D eigenvalue weighted by Gasteiger charge is 2.33. The molecule has 0 bridgehead atoms. The first-order valence-corrected chi connectivity index (χ1v) is 12.0. The van der Waals surface area contributed by atoms with E-state index in [1.165, 1.54) is 0 Å². The van der Waals surface area contributed by atoms with E-state index in [0.717, 1.165) is 5.84 Å². The summed E-state index contributed by atoms with van der Waals surface area (Å²) >= 11 is 0. The van der Waals surface area contributed by atoms with Crippen molar-refractivity contribution < 1.29 is 13.6 Å². The van der Waals surface area contributed by atoms with Crippen molar-refractivity contribution in [1.29, 1.82) is 0 Å². The van der Waals surface area contributed by atoms with Gasteiger partial charge in [-0.15, -0.1) is 4.76 Å². The molecule has 2 rings (SSSR count). The van der Waals surface area contributed by atoms with Crippen molar-refractivity contribution in [1.82, 2.24) is 4.90 Å². The van der Waals surface area contributed by atoms with Crippen LogP contribution in [0.4, 0.5) is 0 Å². The van der Waals surface area contributed by atoms with E-state index in [2.05, 4.69) is 58.1 Å². The van der Waals surface area contributed by atoms with Gasteiger partial charge in [-0.2, -0.15) is 0 Å². The molecule has 30 heavy (non-hydrogen) atoms. The molecular formula is C24H35N2O3P. The molecule has 0 amide bonds. The number of benzene rings is 2. The second-order valence-electron chi connectivity index (χ2n) is 9.13. The summed E-state index contributed by atoms with van der Waals surface area (Å²) in [5.74, 6) is 1.63. The maximum absolute atomic E-state index is 13.9. The van der Waals surface area contributed by atoms with E-state index in [1.54, 1.807) is 24.3 Å². The Hall–Kier alpha value is -2.26. The fraction of sp³-hybridized carbons (Fsp3) is 0.458. The zero-order valence-electron chi connectivity index (χ0n) is 19.2. The minimum absolute atomic E-state index is 0.0504. The van der Waals surface area contributed by atoms with E-state index in [-0.39, 0.29) is 17.5 Å². The first-order valence-electron chi connectivity index (χ1n) is 10.5. The molecule has 0 aliphatic heterocycles. The van der Waals surface area contributed by atoms with Crippen LogP contribution in [0.5, 0.6) is 11.5 Å². The molecule has 0 aromatic heterocycles. The second kappa shape index (κ2) is 10.2. The van der Waals surface area contributed by atoms with Crippen LogP contribution in [0.2, 0.25) is 0 Å². The predicted octanol–water partition coefficient (Wildman–Crippen LogP) is 7.21. The van der Waals surface area contributed by atoms with Crippen molar-refractivity contribution in [3.05, 3.63) is 60.7 Å². The molecule has 0 aliphatic rings. The quantitative estimate of drug-likeness (QED) is 0.252. The van der Waals surface area contributed by atoms with Crippen LogP contribution in [0.15, 0.2) is 65.4 Å². The molecule has 0 aliphatic carbocycles. The molecule has 6 heteroatoms. The highest BCUT2D eigenvalue weighted by Crippen LogP contribution is 2.51. The molecule has 164 valence electrons. The molecule has 5 nitrogen and oxygen atoms in total. The summed E-state index contributed by atoms with van der Waals surface area (Å²) in [5.41, 5.74) is -0.0504. The summed E-state index contributed by atoms with van der Waals surface area (Å²) in [7, 11) is -3.89. The average Bonchev–Trinajstić information content (AvgIpc) is 2.61. The van der Waals surface area contributed by atoms with Crippen LogP contribution in [0.25, 0.3) is 0 Å². The molecule has 0 saturated heterocycles. The number of amidine groups is 1. The van der Waals surface area contributed by atoms with Gasteiger partial charge in [0.05, 0.1) is 0 Å². The molecule has 0 spiro atoms. The van der Waals surface area contributed by atoms with Gasteiger partial charge in [-0.1, -0.05) is 57.2 Å². The minimum atomic E-state index is -3.89. The standard InChI is InChI=1S/C24H35N2O3P/c1-19(2)26(20(3)4)23(18-24(5,6)7)25-30(27,28-21-14-10-8-11-15-21)29-22-16-12-9-13-17-22/h8-17,19-20H,18H2,1-7H3/b25-23+. The highest BCUT2D eigenvalue weighted by molar-refractivity contribution is 7.53. The van der Waals surface area contributed by atoms with Crippen molar-refractivity contribution in [2.45, 2.75) is 67.0 Å². The lowest BCUT2D eigenvalue weighted by molar-refractivity contribution is 0.272. The van der Waals surface area contributed by atoms with E-state index in [1.807, 2.05) is 36.4 Å². The van der Waals surface area contributed by atoms with Gasteiger partial charge >= 0.3 is 7.75 Å². The second-order valence-corrected chi connectivity index (χ2v) is 10.6. The maximum Gasteiger partial charge on any atom is 0.564 e. The van der Waals surface area contributed by atoms with Gasteiger partial charge in [0.1, 0.15) is 17.3 Å². The van der Waals surface area contributed by atoms with Gasteiger partial charge in [0.2, 0.25) is 0 Å². The Morgan fingerprint density at radius 2 is 1.27 bits per heavy atom. The van der Waals surface area contributed by atoms with Gasteiger partial charge in [0.25, 0.3) is 0 Å². The molecule has 2 aromatic carbocycles. The van der Waals surface area contributed by atoms with Crippen LogP contribution in [-0.2, 0) is 4.57 Å². The van der Waals surface area contributed by atoms with E-state index in [4.69, 9.17) is 9.05 Å². The zero-order valence-corrected chi connectivity index (χ0v) is 20.1. The fourth-order valence-corrected chi connectivity index (χ4v) is 4.63. The SMILES string of the molecule is CC(C)N(/C(CC(C)(C)C)=N/P(=O)(Oc1ccccc1)Oc1ccccc1)C(C)C.